The number of Topliss-reactive ketones (excluding diaryl/α,β-unsaturated/α-hetero) is 1. The zero-order valence-electron chi connectivity index (χ0n) is 15.4. The third-order valence-corrected chi connectivity index (χ3v) is 4.30. The van der Waals surface area contributed by atoms with Gasteiger partial charge < -0.3 is 4.79 Å². The van der Waals surface area contributed by atoms with E-state index in [0.29, 0.717) is 6.42 Å². The van der Waals surface area contributed by atoms with Gasteiger partial charge in [0.05, 0.1) is 5.69 Å². The summed E-state index contributed by atoms with van der Waals surface area (Å²) in [6.07, 6.45) is 1.36. The Kier molecular flexibility index (Phi) is 6.08. The molecule has 2 nitrogen and oxygen atoms in total. The van der Waals surface area contributed by atoms with Gasteiger partial charge in [-0.15, -0.1) is 0 Å². The molecule has 0 heterocycles. The maximum Gasteiger partial charge on any atom is 0.130 e. The Bertz CT molecular complexity index is 741. The molecule has 2 rings (SSSR count). The largest absolute Gasteiger partial charge is 0.300 e. The predicted octanol–water partition coefficient (Wildman–Crippen LogP) is 5.86. The van der Waals surface area contributed by atoms with Gasteiger partial charge in [-0.3, -0.25) is 4.99 Å². The van der Waals surface area contributed by atoms with E-state index in [2.05, 4.69) is 70.2 Å². The maximum atomic E-state index is 11.7. The fourth-order valence-corrected chi connectivity index (χ4v) is 2.94. The smallest absolute Gasteiger partial charge is 0.130 e. The monoisotopic (exact) mass is 321 g/mol. The van der Waals surface area contributed by atoms with Crippen LogP contribution in [0.4, 0.5) is 5.69 Å². The van der Waals surface area contributed by atoms with Crippen molar-refractivity contribution in [2.75, 3.05) is 0 Å². The van der Waals surface area contributed by atoms with Crippen LogP contribution in [0.25, 0.3) is 0 Å². The van der Waals surface area contributed by atoms with Crippen molar-refractivity contribution in [1.82, 2.24) is 0 Å². The molecule has 2 heteroatoms. The highest BCUT2D eigenvalue weighted by molar-refractivity contribution is 5.86. The van der Waals surface area contributed by atoms with Crippen molar-refractivity contribution >= 4 is 17.2 Å². The van der Waals surface area contributed by atoms with E-state index >= 15 is 0 Å². The van der Waals surface area contributed by atoms with Gasteiger partial charge >= 0.3 is 0 Å². The van der Waals surface area contributed by atoms with E-state index < -0.39 is 0 Å². The van der Waals surface area contributed by atoms with E-state index in [4.69, 9.17) is 4.99 Å². The minimum atomic E-state index is 0.192. The molecule has 0 N–H and O–H groups in total. The normalized spacial score (nSPS) is 13.0. The number of hydrogen-bond donors (Lipinski definition) is 0. The Hall–Kier alpha value is -2.22. The van der Waals surface area contributed by atoms with Gasteiger partial charge in [-0.2, -0.15) is 0 Å². The van der Waals surface area contributed by atoms with Crippen molar-refractivity contribution in [2.45, 2.75) is 53.4 Å². The summed E-state index contributed by atoms with van der Waals surface area (Å²) in [4.78, 5) is 16.5. The molecule has 24 heavy (non-hydrogen) atoms. The summed E-state index contributed by atoms with van der Waals surface area (Å²) in [6, 6.07) is 14.8. The van der Waals surface area contributed by atoms with Gasteiger partial charge in [-0.25, -0.2) is 0 Å². The van der Waals surface area contributed by atoms with E-state index in [-0.39, 0.29) is 11.7 Å². The zero-order chi connectivity index (χ0) is 17.7. The molecule has 0 spiro atoms. The maximum absolute atomic E-state index is 11.7. The zero-order valence-corrected chi connectivity index (χ0v) is 15.4. The summed E-state index contributed by atoms with van der Waals surface area (Å²) in [7, 11) is 0. The van der Waals surface area contributed by atoms with E-state index in [9.17, 15) is 4.79 Å². The molecule has 0 aliphatic heterocycles. The summed E-state index contributed by atoms with van der Waals surface area (Å²) in [6.45, 7) is 9.97. The topological polar surface area (TPSA) is 29.4 Å². The number of aliphatic imine (C=N–C) groups is 1. The van der Waals surface area contributed by atoms with Crippen molar-refractivity contribution in [1.29, 1.82) is 0 Å². The Morgan fingerprint density at radius 2 is 1.54 bits per heavy atom. The summed E-state index contributed by atoms with van der Waals surface area (Å²) in [5, 5.41) is 0. The summed E-state index contributed by atoms with van der Waals surface area (Å²) in [5.74, 6) is 0.414. The molecule has 0 amide bonds. The van der Waals surface area contributed by atoms with Crippen LogP contribution in [0.5, 0.6) is 0 Å². The number of benzene rings is 2. The van der Waals surface area contributed by atoms with Crippen molar-refractivity contribution < 1.29 is 4.79 Å². The minimum Gasteiger partial charge on any atom is -0.300 e. The first kappa shape index (κ1) is 18.1. The molecule has 2 aromatic rings. The highest BCUT2D eigenvalue weighted by atomic mass is 16.1. The van der Waals surface area contributed by atoms with Crippen LogP contribution in [0.1, 0.15) is 54.9 Å². The number of aryl methyl sites for hydroxylation is 3. The molecule has 1 unspecified atom stereocenters. The quantitative estimate of drug-likeness (QED) is 0.613. The molecular formula is C22H27NO. The number of carbonyl (C=O) groups is 1. The van der Waals surface area contributed by atoms with E-state index in [1.807, 2.05) is 0 Å². The van der Waals surface area contributed by atoms with Gasteiger partial charge in [0.25, 0.3) is 0 Å². The average molecular weight is 321 g/mol. The van der Waals surface area contributed by atoms with Gasteiger partial charge in [-0.1, -0.05) is 42.0 Å². The number of rotatable bonds is 6. The van der Waals surface area contributed by atoms with Crippen LogP contribution in [0.15, 0.2) is 47.5 Å². The molecule has 0 bridgehead atoms. The van der Waals surface area contributed by atoms with Crippen LogP contribution in [0, 0.1) is 20.8 Å². The second-order valence-corrected chi connectivity index (χ2v) is 6.85. The molecule has 0 saturated heterocycles. The third-order valence-electron chi connectivity index (χ3n) is 4.30. The highest BCUT2D eigenvalue weighted by Crippen LogP contribution is 2.27. The van der Waals surface area contributed by atoms with Crippen LogP contribution in [0.3, 0.4) is 0 Å². The molecule has 1 atom stereocenters. The van der Waals surface area contributed by atoms with Gasteiger partial charge in [-0.05, 0) is 69.7 Å². The molecule has 2 aromatic carbocycles. The van der Waals surface area contributed by atoms with Gasteiger partial charge in [0.1, 0.15) is 5.78 Å². The van der Waals surface area contributed by atoms with Crippen LogP contribution < -0.4 is 0 Å². The standard InChI is InChI=1S/C22H27NO/c1-15-7-10-20(11-8-15)21(14-19(5)24)13-18(4)23-22-12-16(2)6-9-17(22)3/h6-12,21H,13-14H2,1-5H3. The number of hydrogen-bond acceptors (Lipinski definition) is 2. The summed E-state index contributed by atoms with van der Waals surface area (Å²) < 4.78 is 0. The Balaban J connectivity index is 2.24. The third kappa shape index (κ3) is 5.16. The molecule has 0 aliphatic carbocycles. The van der Waals surface area contributed by atoms with Crippen LogP contribution in [-0.4, -0.2) is 11.5 Å². The Morgan fingerprint density at radius 3 is 2.17 bits per heavy atom. The van der Waals surface area contributed by atoms with Gasteiger partial charge in [0, 0.05) is 12.1 Å². The summed E-state index contributed by atoms with van der Waals surface area (Å²) >= 11 is 0. The lowest BCUT2D eigenvalue weighted by Gasteiger charge is -2.16. The van der Waals surface area contributed by atoms with Crippen LogP contribution >= 0.6 is 0 Å². The summed E-state index contributed by atoms with van der Waals surface area (Å²) in [5.41, 5.74) is 6.94. The molecular weight excluding hydrogens is 294 g/mol. The van der Waals surface area contributed by atoms with Crippen molar-refractivity contribution in [3.8, 4) is 0 Å². The second-order valence-electron chi connectivity index (χ2n) is 6.85. The first-order valence-electron chi connectivity index (χ1n) is 8.52. The lowest BCUT2D eigenvalue weighted by molar-refractivity contribution is -0.117. The minimum absolute atomic E-state index is 0.192. The van der Waals surface area contributed by atoms with Crippen molar-refractivity contribution in [3.63, 3.8) is 0 Å². The lowest BCUT2D eigenvalue weighted by Crippen LogP contribution is -2.09. The van der Waals surface area contributed by atoms with Gasteiger partial charge in [0.2, 0.25) is 0 Å². The second kappa shape index (κ2) is 8.05. The average Bonchev–Trinajstić information content (AvgIpc) is 2.50. The van der Waals surface area contributed by atoms with E-state index in [1.165, 1.54) is 22.3 Å². The lowest BCUT2D eigenvalue weighted by atomic mass is 9.89. The number of carbonyl (C=O) groups excluding carboxylic acids is 1. The van der Waals surface area contributed by atoms with E-state index in [0.717, 1.165) is 17.8 Å². The predicted molar refractivity (Wildman–Crippen MR) is 103 cm³/mol. The molecule has 0 saturated carbocycles. The SMILES string of the molecule is CC(=O)CC(CC(C)=Nc1cc(C)ccc1C)c1ccc(C)cc1. The Morgan fingerprint density at radius 1 is 0.917 bits per heavy atom. The fourth-order valence-electron chi connectivity index (χ4n) is 2.94. The molecule has 0 radical (unpaired) electrons. The number of ketones is 1. The van der Waals surface area contributed by atoms with Gasteiger partial charge in [0.15, 0.2) is 0 Å². The molecule has 0 aliphatic rings. The van der Waals surface area contributed by atoms with Crippen LogP contribution in [-0.2, 0) is 4.79 Å². The highest BCUT2D eigenvalue weighted by Gasteiger charge is 2.15. The van der Waals surface area contributed by atoms with Crippen LogP contribution in [0.2, 0.25) is 0 Å². The Labute approximate surface area is 145 Å². The fraction of sp³-hybridized carbons (Fsp3) is 0.364. The molecule has 0 aromatic heterocycles. The number of nitrogens with zero attached hydrogens (tertiary/aromatic N) is 1. The molecule has 126 valence electrons. The molecule has 0 fully saturated rings. The van der Waals surface area contributed by atoms with Crippen molar-refractivity contribution in [3.05, 3.63) is 64.7 Å². The van der Waals surface area contributed by atoms with E-state index in [1.54, 1.807) is 6.92 Å². The first-order chi connectivity index (χ1) is 11.3. The van der Waals surface area contributed by atoms with Crippen molar-refractivity contribution in [2.24, 2.45) is 4.99 Å². The first-order valence-corrected chi connectivity index (χ1v) is 8.52.